The number of benzene rings is 2. The Bertz CT molecular complexity index is 1260. The van der Waals surface area contributed by atoms with E-state index in [0.29, 0.717) is 29.9 Å². The van der Waals surface area contributed by atoms with Gasteiger partial charge in [0.05, 0.1) is 5.56 Å². The van der Waals surface area contributed by atoms with E-state index in [1.165, 1.54) is 28.0 Å². The van der Waals surface area contributed by atoms with Gasteiger partial charge in [0, 0.05) is 49.7 Å². The largest absolute Gasteiger partial charge is 0.417 e. The number of halogens is 4. The molecule has 0 radical (unpaired) electrons. The van der Waals surface area contributed by atoms with E-state index < -0.39 is 29.6 Å². The average molecular weight is 501 g/mol. The van der Waals surface area contributed by atoms with Crippen LogP contribution in [0.4, 0.5) is 28.9 Å². The van der Waals surface area contributed by atoms with Crippen molar-refractivity contribution < 1.29 is 32.3 Å². The number of hydrogen-bond acceptors (Lipinski definition) is 4. The summed E-state index contributed by atoms with van der Waals surface area (Å²) in [6.45, 7) is 0.0169. The Morgan fingerprint density at radius 3 is 2.47 bits per heavy atom. The van der Waals surface area contributed by atoms with Crippen LogP contribution in [0.2, 0.25) is 0 Å². The molecule has 0 spiro atoms. The van der Waals surface area contributed by atoms with Crippen LogP contribution >= 0.6 is 0 Å². The second-order valence-electron chi connectivity index (χ2n) is 8.50. The number of aryl methyl sites for hydroxylation is 1. The van der Waals surface area contributed by atoms with Gasteiger partial charge in [0.15, 0.2) is 6.10 Å². The maximum Gasteiger partial charge on any atom is 0.417 e. The van der Waals surface area contributed by atoms with E-state index in [-0.39, 0.29) is 24.4 Å². The molecule has 0 saturated heterocycles. The molecule has 0 fully saturated rings. The zero-order chi connectivity index (χ0) is 26.0. The number of amides is 2. The Hall–Kier alpha value is -3.79. The van der Waals surface area contributed by atoms with Crippen LogP contribution in [0.1, 0.15) is 34.9 Å². The molecule has 1 aliphatic rings. The van der Waals surface area contributed by atoms with Crippen LogP contribution in [0, 0.1) is 5.82 Å². The maximum absolute atomic E-state index is 13.4. The molecule has 10 heteroatoms. The predicted molar refractivity (Wildman–Crippen MR) is 125 cm³/mol. The summed E-state index contributed by atoms with van der Waals surface area (Å²) in [6, 6.07) is 12.2. The highest BCUT2D eigenvalue weighted by Gasteiger charge is 2.31. The zero-order valence-electron chi connectivity index (χ0n) is 19.3. The van der Waals surface area contributed by atoms with Gasteiger partial charge in [-0.1, -0.05) is 12.1 Å². The molecule has 6 nitrogen and oxygen atoms in total. The summed E-state index contributed by atoms with van der Waals surface area (Å²) in [5.74, 6) is -1.23. The highest BCUT2D eigenvalue weighted by molar-refractivity contribution is 5.99. The van der Waals surface area contributed by atoms with Crippen LogP contribution in [0.15, 0.2) is 60.8 Å². The van der Waals surface area contributed by atoms with Crippen molar-refractivity contribution in [3.8, 4) is 0 Å². The first kappa shape index (κ1) is 25.3. The number of carbonyl (C=O) groups is 2. The van der Waals surface area contributed by atoms with Gasteiger partial charge in [-0.25, -0.2) is 4.39 Å². The molecule has 3 aromatic rings. The summed E-state index contributed by atoms with van der Waals surface area (Å²) < 4.78 is 51.9. The maximum atomic E-state index is 13.4. The van der Waals surface area contributed by atoms with Crippen molar-refractivity contribution >= 4 is 23.2 Å². The first-order valence-electron chi connectivity index (χ1n) is 11.2. The standard InChI is InChI=1S/C26H23F4N3O3/c1-32-22-10-9-21(14-17(22)4-11-23(32)34)33(25(36)24(35)16-2-6-19(27)7-3-16)13-12-20-8-5-18(15-31-20)26(28,29)30/h2-3,5-10,14-15,24,35H,4,11-13H2,1H3. The van der Waals surface area contributed by atoms with E-state index in [9.17, 15) is 32.3 Å². The fraction of sp³-hybridized carbons (Fsp3) is 0.269. The van der Waals surface area contributed by atoms with Crippen LogP contribution in [0.3, 0.4) is 0 Å². The molecule has 4 rings (SSSR count). The third kappa shape index (κ3) is 5.38. The van der Waals surface area contributed by atoms with E-state index in [0.717, 1.165) is 30.0 Å². The molecule has 0 bridgehead atoms. The number of anilines is 2. The van der Waals surface area contributed by atoms with Gasteiger partial charge in [0.25, 0.3) is 5.91 Å². The van der Waals surface area contributed by atoms with Gasteiger partial charge in [0.2, 0.25) is 5.91 Å². The molecule has 1 aliphatic heterocycles. The molecular formula is C26H23F4N3O3. The van der Waals surface area contributed by atoms with Crippen molar-refractivity contribution in [2.24, 2.45) is 0 Å². The number of aliphatic hydroxyl groups is 1. The van der Waals surface area contributed by atoms with E-state index in [4.69, 9.17) is 0 Å². The Kier molecular flexibility index (Phi) is 7.07. The quantitative estimate of drug-likeness (QED) is 0.507. The topological polar surface area (TPSA) is 73.7 Å². The lowest BCUT2D eigenvalue weighted by Gasteiger charge is -2.30. The highest BCUT2D eigenvalue weighted by Crippen LogP contribution is 2.32. The molecule has 188 valence electrons. The minimum atomic E-state index is -4.51. The second kappa shape index (κ2) is 10.1. The van der Waals surface area contributed by atoms with Gasteiger partial charge >= 0.3 is 6.18 Å². The number of hydrogen-bond donors (Lipinski definition) is 1. The number of carbonyl (C=O) groups excluding carboxylic acids is 2. The van der Waals surface area contributed by atoms with Gasteiger partial charge < -0.3 is 14.9 Å². The Morgan fingerprint density at radius 2 is 1.83 bits per heavy atom. The van der Waals surface area contributed by atoms with E-state index in [2.05, 4.69) is 4.98 Å². The summed E-state index contributed by atoms with van der Waals surface area (Å²) >= 11 is 0. The van der Waals surface area contributed by atoms with Crippen LogP contribution in [0.25, 0.3) is 0 Å². The van der Waals surface area contributed by atoms with Crippen molar-refractivity contribution in [3.05, 3.63) is 89.0 Å². The molecule has 1 N–H and O–H groups in total. The van der Waals surface area contributed by atoms with Crippen molar-refractivity contribution in [3.63, 3.8) is 0 Å². The fourth-order valence-corrected chi connectivity index (χ4v) is 4.08. The van der Waals surface area contributed by atoms with Crippen molar-refractivity contribution in [1.29, 1.82) is 0 Å². The monoisotopic (exact) mass is 501 g/mol. The summed E-state index contributed by atoms with van der Waals surface area (Å²) in [4.78, 5) is 32.1. The number of aliphatic hydroxyl groups excluding tert-OH is 1. The molecule has 36 heavy (non-hydrogen) atoms. The predicted octanol–water partition coefficient (Wildman–Crippen LogP) is 4.46. The first-order valence-corrected chi connectivity index (χ1v) is 11.2. The lowest BCUT2D eigenvalue weighted by atomic mass is 10.00. The molecule has 2 aromatic carbocycles. The number of nitrogens with zero attached hydrogens (tertiary/aromatic N) is 3. The molecule has 1 aromatic heterocycles. The van der Waals surface area contributed by atoms with Crippen molar-refractivity contribution in [2.75, 3.05) is 23.4 Å². The average Bonchev–Trinajstić information content (AvgIpc) is 2.86. The zero-order valence-corrected chi connectivity index (χ0v) is 19.3. The molecular weight excluding hydrogens is 478 g/mol. The smallest absolute Gasteiger partial charge is 0.378 e. The van der Waals surface area contributed by atoms with E-state index in [1.54, 1.807) is 25.2 Å². The molecule has 2 amide bonds. The molecule has 1 unspecified atom stereocenters. The number of aromatic nitrogens is 1. The van der Waals surface area contributed by atoms with Gasteiger partial charge in [-0.2, -0.15) is 13.2 Å². The number of pyridine rings is 1. The minimum absolute atomic E-state index is 0.0169. The van der Waals surface area contributed by atoms with Crippen LogP contribution < -0.4 is 9.80 Å². The number of fused-ring (bicyclic) bond motifs is 1. The summed E-state index contributed by atoms with van der Waals surface area (Å²) in [7, 11) is 1.66. The van der Waals surface area contributed by atoms with Crippen molar-refractivity contribution in [2.45, 2.75) is 31.5 Å². The number of alkyl halides is 3. The SMILES string of the molecule is CN1C(=O)CCc2cc(N(CCc3ccc(C(F)(F)F)cn3)C(=O)C(O)c3ccc(F)cc3)ccc21. The second-order valence-corrected chi connectivity index (χ2v) is 8.50. The summed E-state index contributed by atoms with van der Waals surface area (Å²) in [6.07, 6.45) is -4.45. The summed E-state index contributed by atoms with van der Waals surface area (Å²) in [5.41, 5.74) is 1.67. The normalized spacial score (nSPS) is 14.4. The first-order chi connectivity index (χ1) is 17.0. The molecule has 0 aliphatic carbocycles. The number of rotatable bonds is 6. The van der Waals surface area contributed by atoms with Gasteiger partial charge in [-0.15, -0.1) is 0 Å². The minimum Gasteiger partial charge on any atom is -0.378 e. The van der Waals surface area contributed by atoms with E-state index in [1.807, 2.05) is 0 Å². The highest BCUT2D eigenvalue weighted by atomic mass is 19.4. The lowest BCUT2D eigenvalue weighted by Crippen LogP contribution is -2.37. The Balaban J connectivity index is 1.63. The van der Waals surface area contributed by atoms with Gasteiger partial charge in [0.1, 0.15) is 5.82 Å². The van der Waals surface area contributed by atoms with Gasteiger partial charge in [-0.05, 0) is 60.0 Å². The van der Waals surface area contributed by atoms with Gasteiger partial charge in [-0.3, -0.25) is 14.6 Å². The molecule has 1 atom stereocenters. The molecule has 2 heterocycles. The third-order valence-corrected chi connectivity index (χ3v) is 6.15. The van der Waals surface area contributed by atoms with Crippen molar-refractivity contribution in [1.82, 2.24) is 4.98 Å². The summed E-state index contributed by atoms with van der Waals surface area (Å²) in [5, 5.41) is 10.7. The van der Waals surface area contributed by atoms with Crippen LogP contribution in [-0.4, -0.2) is 35.5 Å². The van der Waals surface area contributed by atoms with E-state index >= 15 is 0 Å². The van der Waals surface area contributed by atoms with Crippen LogP contribution in [0.5, 0.6) is 0 Å². The Labute approximate surface area is 204 Å². The molecule has 0 saturated carbocycles. The fourth-order valence-electron chi connectivity index (χ4n) is 4.08. The Morgan fingerprint density at radius 1 is 1.11 bits per heavy atom. The lowest BCUT2D eigenvalue weighted by molar-refractivity contribution is -0.137. The third-order valence-electron chi connectivity index (χ3n) is 6.15. The van der Waals surface area contributed by atoms with Crippen LogP contribution in [-0.2, 0) is 28.6 Å².